The monoisotopic (exact) mass is 414 g/mol. The number of rotatable bonds is 8. The molecule has 0 aliphatic heterocycles. The third-order valence-corrected chi connectivity index (χ3v) is 5.39. The van der Waals surface area contributed by atoms with Crippen molar-refractivity contribution in [3.63, 3.8) is 0 Å². The minimum atomic E-state index is -3.73. The Balaban J connectivity index is 1.80. The van der Waals surface area contributed by atoms with Crippen molar-refractivity contribution in [2.45, 2.75) is 30.8 Å². The van der Waals surface area contributed by atoms with Crippen LogP contribution in [0.25, 0.3) is 0 Å². The van der Waals surface area contributed by atoms with Gasteiger partial charge in [-0.3, -0.25) is 4.79 Å². The zero-order valence-corrected chi connectivity index (χ0v) is 15.5. The molecule has 0 saturated heterocycles. The summed E-state index contributed by atoms with van der Waals surface area (Å²) < 4.78 is 29.5. The summed E-state index contributed by atoms with van der Waals surface area (Å²) in [5, 5.41) is 2.72. The summed E-state index contributed by atoms with van der Waals surface area (Å²) >= 11 is 3.25. The summed E-state index contributed by atoms with van der Waals surface area (Å²) in [4.78, 5) is 16.1. The zero-order valence-electron chi connectivity index (χ0n) is 13.1. The summed E-state index contributed by atoms with van der Waals surface area (Å²) in [5.74, 6) is -0.360. The van der Waals surface area contributed by atoms with E-state index in [1.165, 1.54) is 19.1 Å². The number of benzene rings is 1. The molecule has 1 aromatic carbocycles. The second kappa shape index (κ2) is 8.41. The van der Waals surface area contributed by atoms with Gasteiger partial charge in [0, 0.05) is 30.0 Å². The number of sulfonamides is 1. The van der Waals surface area contributed by atoms with Crippen LogP contribution < -0.4 is 10.0 Å². The van der Waals surface area contributed by atoms with E-state index in [1.54, 1.807) is 24.7 Å². The van der Waals surface area contributed by atoms with Crippen LogP contribution in [0.15, 0.2) is 52.4 Å². The van der Waals surface area contributed by atoms with Gasteiger partial charge in [0.25, 0.3) is 0 Å². The highest BCUT2D eigenvalue weighted by atomic mass is 79.9. The second-order valence-electron chi connectivity index (χ2n) is 5.24. The lowest BCUT2D eigenvalue weighted by atomic mass is 10.3. The van der Waals surface area contributed by atoms with E-state index in [2.05, 4.69) is 31.0 Å². The van der Waals surface area contributed by atoms with Crippen molar-refractivity contribution in [2.24, 2.45) is 0 Å². The van der Waals surface area contributed by atoms with Crippen LogP contribution in [0.3, 0.4) is 0 Å². The maximum atomic E-state index is 12.2. The predicted octanol–water partition coefficient (Wildman–Crippen LogP) is 1.52. The van der Waals surface area contributed by atoms with Crippen molar-refractivity contribution >= 4 is 31.9 Å². The van der Waals surface area contributed by atoms with Gasteiger partial charge in [-0.15, -0.1) is 0 Å². The molecule has 0 saturated carbocycles. The van der Waals surface area contributed by atoms with Gasteiger partial charge < -0.3 is 9.88 Å². The molecule has 0 aliphatic carbocycles. The summed E-state index contributed by atoms with van der Waals surface area (Å²) in [6.07, 6.45) is 5.97. The molecule has 2 aromatic rings. The van der Waals surface area contributed by atoms with Gasteiger partial charge in [0.2, 0.25) is 15.9 Å². The summed E-state index contributed by atoms with van der Waals surface area (Å²) in [7, 11) is -3.73. The number of hydrogen-bond acceptors (Lipinski definition) is 4. The fraction of sp³-hybridized carbons (Fsp3) is 0.333. The Morgan fingerprint density at radius 3 is 2.67 bits per heavy atom. The molecule has 0 fully saturated rings. The Hall–Kier alpha value is -1.71. The van der Waals surface area contributed by atoms with Crippen LogP contribution in [-0.4, -0.2) is 36.5 Å². The molecule has 1 atom stereocenters. The quantitative estimate of drug-likeness (QED) is 0.640. The normalized spacial score (nSPS) is 12.8. The molecule has 7 nitrogen and oxygen atoms in total. The Bertz CT molecular complexity index is 761. The summed E-state index contributed by atoms with van der Waals surface area (Å²) in [5.41, 5.74) is 0. The van der Waals surface area contributed by atoms with Crippen LogP contribution in [0.5, 0.6) is 0 Å². The topological polar surface area (TPSA) is 93.1 Å². The highest BCUT2D eigenvalue weighted by Gasteiger charge is 2.21. The molecule has 9 heteroatoms. The number of carbonyl (C=O) groups excluding carboxylic acids is 1. The molecule has 2 rings (SSSR count). The van der Waals surface area contributed by atoms with Crippen molar-refractivity contribution in [1.29, 1.82) is 0 Å². The van der Waals surface area contributed by atoms with Crippen LogP contribution in [0.2, 0.25) is 0 Å². The first-order valence-electron chi connectivity index (χ1n) is 7.40. The molecular weight excluding hydrogens is 396 g/mol. The van der Waals surface area contributed by atoms with Gasteiger partial charge in [0.15, 0.2) is 0 Å². The molecule has 1 amide bonds. The summed E-state index contributed by atoms with van der Waals surface area (Å²) in [6.45, 7) is 2.71. The van der Waals surface area contributed by atoms with Crippen molar-refractivity contribution in [1.82, 2.24) is 19.6 Å². The number of imidazole rings is 1. The molecule has 24 heavy (non-hydrogen) atoms. The number of nitrogens with zero attached hydrogens (tertiary/aromatic N) is 2. The minimum absolute atomic E-state index is 0.116. The first-order valence-corrected chi connectivity index (χ1v) is 9.67. The van der Waals surface area contributed by atoms with Crippen LogP contribution >= 0.6 is 15.9 Å². The molecule has 0 unspecified atom stereocenters. The fourth-order valence-corrected chi connectivity index (χ4v) is 3.48. The van der Waals surface area contributed by atoms with Crippen molar-refractivity contribution in [2.75, 3.05) is 6.54 Å². The average Bonchev–Trinajstić information content (AvgIpc) is 3.04. The highest BCUT2D eigenvalue weighted by Crippen LogP contribution is 2.14. The van der Waals surface area contributed by atoms with E-state index in [0.29, 0.717) is 6.54 Å². The molecule has 130 valence electrons. The third kappa shape index (κ3) is 5.43. The van der Waals surface area contributed by atoms with Crippen molar-refractivity contribution < 1.29 is 13.2 Å². The largest absolute Gasteiger partial charge is 0.355 e. The van der Waals surface area contributed by atoms with Gasteiger partial charge in [-0.1, -0.05) is 15.9 Å². The van der Waals surface area contributed by atoms with Crippen LogP contribution in [0, 0.1) is 0 Å². The van der Waals surface area contributed by atoms with E-state index < -0.39 is 16.1 Å². The molecule has 1 aromatic heterocycles. The van der Waals surface area contributed by atoms with Crippen LogP contribution in [0.4, 0.5) is 0 Å². The number of hydrogen-bond donors (Lipinski definition) is 2. The number of carbonyl (C=O) groups is 1. The lowest BCUT2D eigenvalue weighted by molar-refractivity contribution is -0.122. The standard InChI is InChI=1S/C15H19BrN4O3S/c1-12(15(21)18-7-2-9-20-10-8-17-11-20)19-24(22,23)14-5-3-13(16)4-6-14/h3-6,8,10-12,19H,2,7,9H2,1H3,(H,18,21)/t12-/m1/s1. The maximum Gasteiger partial charge on any atom is 0.241 e. The highest BCUT2D eigenvalue weighted by molar-refractivity contribution is 9.10. The smallest absolute Gasteiger partial charge is 0.241 e. The predicted molar refractivity (Wildman–Crippen MR) is 93.8 cm³/mol. The molecule has 0 aliphatic rings. The number of halogens is 1. The molecule has 0 radical (unpaired) electrons. The van der Waals surface area contributed by atoms with Crippen LogP contribution in [-0.2, 0) is 21.4 Å². The van der Waals surface area contributed by atoms with E-state index >= 15 is 0 Å². The van der Waals surface area contributed by atoms with Crippen molar-refractivity contribution in [3.8, 4) is 0 Å². The Labute approximate surface area is 149 Å². The van der Waals surface area contributed by atoms with E-state index in [1.807, 2.05) is 10.8 Å². The van der Waals surface area contributed by atoms with Gasteiger partial charge >= 0.3 is 0 Å². The SMILES string of the molecule is C[C@@H](NS(=O)(=O)c1ccc(Br)cc1)C(=O)NCCCn1ccnc1. The second-order valence-corrected chi connectivity index (χ2v) is 7.87. The number of amides is 1. The molecule has 0 bridgehead atoms. The van der Waals surface area contributed by atoms with Crippen molar-refractivity contribution in [3.05, 3.63) is 47.5 Å². The van der Waals surface area contributed by atoms with Gasteiger partial charge in [-0.2, -0.15) is 4.72 Å². The van der Waals surface area contributed by atoms with Gasteiger partial charge in [-0.25, -0.2) is 13.4 Å². The lowest BCUT2D eigenvalue weighted by Gasteiger charge is -2.14. The first kappa shape index (κ1) is 18.6. The third-order valence-electron chi connectivity index (χ3n) is 3.30. The average molecular weight is 415 g/mol. The summed E-state index contributed by atoms with van der Waals surface area (Å²) in [6, 6.07) is 5.36. The first-order chi connectivity index (χ1) is 11.4. The van der Waals surface area contributed by atoms with E-state index in [0.717, 1.165) is 17.4 Å². The fourth-order valence-electron chi connectivity index (χ4n) is 2.01. The van der Waals surface area contributed by atoms with E-state index in [-0.39, 0.29) is 10.8 Å². The lowest BCUT2D eigenvalue weighted by Crippen LogP contribution is -2.45. The Kier molecular flexibility index (Phi) is 6.52. The molecule has 2 N–H and O–H groups in total. The number of aromatic nitrogens is 2. The van der Waals surface area contributed by atoms with Gasteiger partial charge in [0.05, 0.1) is 17.3 Å². The van der Waals surface area contributed by atoms with Gasteiger partial charge in [-0.05, 0) is 37.6 Å². The minimum Gasteiger partial charge on any atom is -0.355 e. The molecule has 1 heterocycles. The van der Waals surface area contributed by atoms with E-state index in [4.69, 9.17) is 0 Å². The molecular formula is C15H19BrN4O3S. The Morgan fingerprint density at radius 1 is 1.33 bits per heavy atom. The number of aryl methyl sites for hydroxylation is 1. The van der Waals surface area contributed by atoms with Gasteiger partial charge in [0.1, 0.15) is 0 Å². The Morgan fingerprint density at radius 2 is 2.04 bits per heavy atom. The zero-order chi connectivity index (χ0) is 17.6. The van der Waals surface area contributed by atoms with Crippen LogP contribution in [0.1, 0.15) is 13.3 Å². The number of nitrogens with one attached hydrogen (secondary N) is 2. The molecule has 0 spiro atoms. The maximum absolute atomic E-state index is 12.2. The van der Waals surface area contributed by atoms with E-state index in [9.17, 15) is 13.2 Å².